The molecule has 0 bridgehead atoms. The molecule has 3 aromatic rings. The Morgan fingerprint density at radius 2 is 2.05 bits per heavy atom. The van der Waals surface area contributed by atoms with E-state index in [-0.39, 0.29) is 0 Å². The number of nitrogens with zero attached hydrogens (tertiary/aromatic N) is 3. The van der Waals surface area contributed by atoms with E-state index in [1.807, 2.05) is 17.6 Å². The maximum absolute atomic E-state index is 4.44. The van der Waals surface area contributed by atoms with Gasteiger partial charge in [-0.15, -0.1) is 0 Å². The second-order valence-corrected chi connectivity index (χ2v) is 5.46. The molecule has 2 aromatic heterocycles. The van der Waals surface area contributed by atoms with Crippen LogP contribution < -0.4 is 5.32 Å². The number of anilines is 1. The molecule has 0 aliphatic heterocycles. The number of hydrogen-bond acceptors (Lipinski definition) is 3. The highest BCUT2D eigenvalue weighted by atomic mass is 15.2. The van der Waals surface area contributed by atoms with Gasteiger partial charge in [-0.25, -0.2) is 9.50 Å². The van der Waals surface area contributed by atoms with Crippen LogP contribution in [0.3, 0.4) is 0 Å². The van der Waals surface area contributed by atoms with Gasteiger partial charge in [0.15, 0.2) is 5.82 Å². The Bertz CT molecular complexity index is 718. The first kappa shape index (κ1) is 13.6. The van der Waals surface area contributed by atoms with Gasteiger partial charge < -0.3 is 5.32 Å². The zero-order valence-electron chi connectivity index (χ0n) is 12.5. The predicted molar refractivity (Wildman–Crippen MR) is 85.6 cm³/mol. The number of fused-ring (bicyclic) bond motifs is 1. The van der Waals surface area contributed by atoms with Gasteiger partial charge in [0.2, 0.25) is 0 Å². The summed E-state index contributed by atoms with van der Waals surface area (Å²) in [7, 11) is 0. The molecule has 0 aliphatic rings. The highest BCUT2D eigenvalue weighted by Gasteiger charge is 2.08. The minimum atomic E-state index is 0.360. The van der Waals surface area contributed by atoms with Crippen molar-refractivity contribution >= 4 is 11.3 Å². The van der Waals surface area contributed by atoms with Crippen molar-refractivity contribution in [1.82, 2.24) is 14.6 Å². The van der Waals surface area contributed by atoms with Crippen molar-refractivity contribution in [2.24, 2.45) is 0 Å². The fourth-order valence-electron chi connectivity index (χ4n) is 2.49. The molecular formula is C17H20N4. The summed E-state index contributed by atoms with van der Waals surface area (Å²) in [5.74, 6) is 0.902. The van der Waals surface area contributed by atoms with Crippen LogP contribution >= 0.6 is 0 Å². The lowest BCUT2D eigenvalue weighted by Gasteiger charge is -2.15. The second-order valence-electron chi connectivity index (χ2n) is 5.46. The van der Waals surface area contributed by atoms with Gasteiger partial charge in [0.1, 0.15) is 5.52 Å². The third-order valence-corrected chi connectivity index (χ3v) is 3.60. The van der Waals surface area contributed by atoms with Crippen LogP contribution in [0.25, 0.3) is 5.52 Å². The van der Waals surface area contributed by atoms with Crippen molar-refractivity contribution in [2.45, 2.75) is 32.7 Å². The highest BCUT2D eigenvalue weighted by molar-refractivity contribution is 5.67. The molecule has 1 aromatic carbocycles. The fraction of sp³-hybridized carbons (Fsp3) is 0.294. The number of benzene rings is 1. The zero-order valence-corrected chi connectivity index (χ0v) is 12.5. The first-order chi connectivity index (χ1) is 10.2. The summed E-state index contributed by atoms with van der Waals surface area (Å²) in [6.45, 7) is 4.19. The van der Waals surface area contributed by atoms with E-state index in [0.717, 1.165) is 29.9 Å². The predicted octanol–water partition coefficient (Wildman–Crippen LogP) is 3.47. The average molecular weight is 280 g/mol. The summed E-state index contributed by atoms with van der Waals surface area (Å²) < 4.78 is 1.87. The molecular weight excluding hydrogens is 260 g/mol. The fourth-order valence-corrected chi connectivity index (χ4v) is 2.49. The topological polar surface area (TPSA) is 42.2 Å². The maximum atomic E-state index is 4.44. The lowest BCUT2D eigenvalue weighted by molar-refractivity contribution is 0.703. The van der Waals surface area contributed by atoms with Crippen molar-refractivity contribution in [2.75, 3.05) is 5.32 Å². The van der Waals surface area contributed by atoms with E-state index in [4.69, 9.17) is 0 Å². The van der Waals surface area contributed by atoms with E-state index in [1.165, 1.54) is 5.56 Å². The molecule has 108 valence electrons. The summed E-state index contributed by atoms with van der Waals surface area (Å²) in [6, 6.07) is 13.0. The minimum absolute atomic E-state index is 0.360. The Morgan fingerprint density at radius 3 is 2.86 bits per heavy atom. The normalized spacial score (nSPS) is 12.5. The Labute approximate surface area is 124 Å². The van der Waals surface area contributed by atoms with Gasteiger partial charge in [-0.3, -0.25) is 0 Å². The van der Waals surface area contributed by atoms with Crippen LogP contribution in [-0.2, 0) is 6.42 Å². The molecule has 4 heteroatoms. The van der Waals surface area contributed by atoms with Crippen molar-refractivity contribution in [3.05, 3.63) is 60.0 Å². The maximum Gasteiger partial charge on any atom is 0.152 e. The van der Waals surface area contributed by atoms with Crippen LogP contribution in [0.5, 0.6) is 0 Å². The number of rotatable bonds is 5. The molecule has 0 saturated heterocycles. The summed E-state index contributed by atoms with van der Waals surface area (Å²) in [5, 5.41) is 7.91. The molecule has 0 aliphatic carbocycles. The molecule has 4 nitrogen and oxygen atoms in total. The quantitative estimate of drug-likeness (QED) is 0.778. The second kappa shape index (κ2) is 5.95. The Kier molecular flexibility index (Phi) is 3.86. The monoisotopic (exact) mass is 280 g/mol. The molecule has 0 fully saturated rings. The van der Waals surface area contributed by atoms with Gasteiger partial charge in [0.25, 0.3) is 0 Å². The minimum Gasteiger partial charge on any atom is -0.366 e. The SMILES string of the molecule is Cc1cc2c(NC(C)CCc3ccccc3)nccn2n1. The van der Waals surface area contributed by atoms with E-state index in [9.17, 15) is 0 Å². The van der Waals surface area contributed by atoms with Gasteiger partial charge in [0, 0.05) is 18.4 Å². The smallest absolute Gasteiger partial charge is 0.152 e. The van der Waals surface area contributed by atoms with Crippen LogP contribution in [0.1, 0.15) is 24.6 Å². The zero-order chi connectivity index (χ0) is 14.7. The lowest BCUT2D eigenvalue weighted by atomic mass is 10.1. The van der Waals surface area contributed by atoms with Crippen molar-refractivity contribution in [3.63, 3.8) is 0 Å². The van der Waals surface area contributed by atoms with Gasteiger partial charge in [-0.05, 0) is 38.3 Å². The molecule has 3 rings (SSSR count). The number of aryl methyl sites for hydroxylation is 2. The third-order valence-electron chi connectivity index (χ3n) is 3.60. The molecule has 1 N–H and O–H groups in total. The van der Waals surface area contributed by atoms with Gasteiger partial charge in [-0.1, -0.05) is 30.3 Å². The van der Waals surface area contributed by atoms with Gasteiger partial charge in [-0.2, -0.15) is 5.10 Å². The lowest BCUT2D eigenvalue weighted by Crippen LogP contribution is -2.17. The molecule has 0 amide bonds. The van der Waals surface area contributed by atoms with E-state index < -0.39 is 0 Å². The van der Waals surface area contributed by atoms with Crippen LogP contribution in [0.15, 0.2) is 48.8 Å². The van der Waals surface area contributed by atoms with E-state index in [0.29, 0.717) is 6.04 Å². The first-order valence-corrected chi connectivity index (χ1v) is 7.34. The van der Waals surface area contributed by atoms with Gasteiger partial charge in [0.05, 0.1) is 5.69 Å². The number of hydrogen-bond donors (Lipinski definition) is 1. The van der Waals surface area contributed by atoms with Crippen molar-refractivity contribution in [3.8, 4) is 0 Å². The van der Waals surface area contributed by atoms with Crippen LogP contribution in [0.4, 0.5) is 5.82 Å². The molecule has 0 spiro atoms. The highest BCUT2D eigenvalue weighted by Crippen LogP contribution is 2.17. The molecule has 21 heavy (non-hydrogen) atoms. The van der Waals surface area contributed by atoms with Crippen molar-refractivity contribution in [1.29, 1.82) is 0 Å². The Morgan fingerprint density at radius 1 is 1.24 bits per heavy atom. The first-order valence-electron chi connectivity index (χ1n) is 7.34. The summed E-state index contributed by atoms with van der Waals surface area (Å²) in [6.07, 6.45) is 5.80. The Balaban J connectivity index is 1.67. The van der Waals surface area contributed by atoms with Crippen LogP contribution in [-0.4, -0.2) is 20.6 Å². The molecule has 1 atom stereocenters. The van der Waals surface area contributed by atoms with E-state index in [1.54, 1.807) is 6.20 Å². The Hall–Kier alpha value is -2.36. The largest absolute Gasteiger partial charge is 0.366 e. The average Bonchev–Trinajstić information content (AvgIpc) is 2.88. The summed E-state index contributed by atoms with van der Waals surface area (Å²) >= 11 is 0. The molecule has 0 saturated carbocycles. The van der Waals surface area contributed by atoms with E-state index in [2.05, 4.69) is 58.7 Å². The van der Waals surface area contributed by atoms with Crippen LogP contribution in [0.2, 0.25) is 0 Å². The summed E-state index contributed by atoms with van der Waals surface area (Å²) in [5.41, 5.74) is 3.40. The number of nitrogens with one attached hydrogen (secondary N) is 1. The number of aromatic nitrogens is 3. The van der Waals surface area contributed by atoms with Crippen LogP contribution in [0, 0.1) is 6.92 Å². The molecule has 0 radical (unpaired) electrons. The van der Waals surface area contributed by atoms with Crippen molar-refractivity contribution < 1.29 is 0 Å². The third kappa shape index (κ3) is 3.21. The van der Waals surface area contributed by atoms with E-state index >= 15 is 0 Å². The standard InChI is InChI=1S/C17H20N4/c1-13(8-9-15-6-4-3-5-7-15)19-17-16-12-14(2)20-21(16)11-10-18-17/h3-7,10-13H,8-9H2,1-2H3,(H,18,19). The molecule has 2 heterocycles. The van der Waals surface area contributed by atoms with Gasteiger partial charge >= 0.3 is 0 Å². The molecule has 1 unspecified atom stereocenters. The summed E-state index contributed by atoms with van der Waals surface area (Å²) in [4.78, 5) is 4.44.